The average molecular weight is 193 g/mol. The number of likely N-dealkylation sites (N-methyl/N-ethyl adjacent to an activating group) is 1. The maximum atomic E-state index is 3.68. The predicted molar refractivity (Wildman–Crippen MR) is 61.3 cm³/mol. The highest BCUT2D eigenvalue weighted by molar-refractivity contribution is 5.17. The second-order valence-electron chi connectivity index (χ2n) is 4.90. The van der Waals surface area contributed by atoms with Gasteiger partial charge < -0.3 is 5.32 Å². The molecule has 1 fully saturated rings. The largest absolute Gasteiger partial charge is 0.310 e. The van der Waals surface area contributed by atoms with Crippen molar-refractivity contribution in [3.05, 3.63) is 11.6 Å². The van der Waals surface area contributed by atoms with E-state index in [1.165, 1.54) is 32.1 Å². The average Bonchev–Trinajstić information content (AvgIpc) is 2.91. The molecule has 0 heterocycles. The van der Waals surface area contributed by atoms with Crippen LogP contribution < -0.4 is 5.32 Å². The zero-order chi connectivity index (χ0) is 9.97. The summed E-state index contributed by atoms with van der Waals surface area (Å²) in [5.74, 6) is 1.87. The molecule has 2 atom stereocenters. The Balaban J connectivity index is 1.97. The quantitative estimate of drug-likeness (QED) is 0.661. The van der Waals surface area contributed by atoms with Gasteiger partial charge in [-0.05, 0) is 50.5 Å². The summed E-state index contributed by atoms with van der Waals surface area (Å²) in [7, 11) is 0. The summed E-state index contributed by atoms with van der Waals surface area (Å²) < 4.78 is 0. The van der Waals surface area contributed by atoms with Crippen LogP contribution in [0, 0.1) is 11.8 Å². The lowest BCUT2D eigenvalue weighted by atomic mass is 9.90. The van der Waals surface area contributed by atoms with Gasteiger partial charge in [0, 0.05) is 6.04 Å². The van der Waals surface area contributed by atoms with Gasteiger partial charge in [0.05, 0.1) is 0 Å². The van der Waals surface area contributed by atoms with Crippen LogP contribution >= 0.6 is 0 Å². The molecule has 0 radical (unpaired) electrons. The normalized spacial score (nSPS) is 26.0. The van der Waals surface area contributed by atoms with Gasteiger partial charge in [0.15, 0.2) is 0 Å². The van der Waals surface area contributed by atoms with E-state index in [4.69, 9.17) is 0 Å². The first-order valence-electron chi connectivity index (χ1n) is 6.25. The zero-order valence-electron chi connectivity index (χ0n) is 9.55. The molecule has 0 aliphatic heterocycles. The van der Waals surface area contributed by atoms with E-state index >= 15 is 0 Å². The fourth-order valence-corrected chi connectivity index (χ4v) is 2.75. The van der Waals surface area contributed by atoms with Crippen LogP contribution in [0.5, 0.6) is 0 Å². The second-order valence-corrected chi connectivity index (χ2v) is 4.90. The van der Waals surface area contributed by atoms with E-state index in [1.807, 2.05) is 0 Å². The van der Waals surface area contributed by atoms with Crippen molar-refractivity contribution in [2.24, 2.45) is 11.8 Å². The van der Waals surface area contributed by atoms with Crippen molar-refractivity contribution in [3.8, 4) is 0 Å². The minimum absolute atomic E-state index is 0.690. The number of allylic oxidation sites excluding steroid dienone is 1. The Morgan fingerprint density at radius 1 is 1.50 bits per heavy atom. The molecule has 2 aliphatic carbocycles. The molecule has 1 N–H and O–H groups in total. The van der Waals surface area contributed by atoms with Gasteiger partial charge in [-0.3, -0.25) is 0 Å². The molecule has 0 aromatic heterocycles. The Bertz CT molecular complexity index is 215. The van der Waals surface area contributed by atoms with Gasteiger partial charge in [0.1, 0.15) is 0 Å². The van der Waals surface area contributed by atoms with E-state index in [0.717, 1.165) is 18.4 Å². The van der Waals surface area contributed by atoms with Gasteiger partial charge in [-0.1, -0.05) is 25.5 Å². The smallest absolute Gasteiger partial charge is 0.0307 e. The minimum Gasteiger partial charge on any atom is -0.310 e. The van der Waals surface area contributed by atoms with Crippen LogP contribution in [0.1, 0.15) is 46.0 Å². The summed E-state index contributed by atoms with van der Waals surface area (Å²) in [6.07, 6.45) is 9.46. The van der Waals surface area contributed by atoms with Crippen LogP contribution in [0.25, 0.3) is 0 Å². The van der Waals surface area contributed by atoms with Crippen LogP contribution in [0.15, 0.2) is 11.6 Å². The Labute approximate surface area is 88.0 Å². The fourth-order valence-electron chi connectivity index (χ4n) is 2.75. The van der Waals surface area contributed by atoms with E-state index in [-0.39, 0.29) is 0 Å². The molecule has 1 nitrogen and oxygen atoms in total. The molecule has 1 saturated carbocycles. The highest BCUT2D eigenvalue weighted by Crippen LogP contribution is 2.40. The van der Waals surface area contributed by atoms with E-state index in [1.54, 1.807) is 5.57 Å². The van der Waals surface area contributed by atoms with Crippen molar-refractivity contribution in [1.82, 2.24) is 5.32 Å². The SMILES string of the molecule is CCNC(C1=CCCC1)C(C)C1CC1. The minimum atomic E-state index is 0.690. The lowest BCUT2D eigenvalue weighted by Crippen LogP contribution is -2.37. The third kappa shape index (κ3) is 2.20. The van der Waals surface area contributed by atoms with Gasteiger partial charge in [-0.15, -0.1) is 0 Å². The Morgan fingerprint density at radius 2 is 2.29 bits per heavy atom. The monoisotopic (exact) mass is 193 g/mol. The Morgan fingerprint density at radius 3 is 2.79 bits per heavy atom. The molecule has 0 aromatic rings. The molecular weight excluding hydrogens is 170 g/mol. The van der Waals surface area contributed by atoms with Crippen LogP contribution in [-0.2, 0) is 0 Å². The first-order valence-corrected chi connectivity index (χ1v) is 6.25. The van der Waals surface area contributed by atoms with E-state index in [2.05, 4.69) is 25.2 Å². The van der Waals surface area contributed by atoms with Gasteiger partial charge in [-0.25, -0.2) is 0 Å². The first kappa shape index (κ1) is 10.2. The molecule has 2 rings (SSSR count). The summed E-state index contributed by atoms with van der Waals surface area (Å²) in [5.41, 5.74) is 1.70. The molecule has 0 saturated heterocycles. The topological polar surface area (TPSA) is 12.0 Å². The van der Waals surface area contributed by atoms with Crippen LogP contribution in [0.3, 0.4) is 0 Å². The fraction of sp³-hybridized carbons (Fsp3) is 0.846. The standard InChI is InChI=1S/C13H23N/c1-3-14-13(10(2)11-8-9-11)12-6-4-5-7-12/h6,10-11,13-14H,3-5,7-9H2,1-2H3. The van der Waals surface area contributed by atoms with Crippen molar-refractivity contribution in [2.45, 2.75) is 52.0 Å². The molecule has 0 spiro atoms. The predicted octanol–water partition coefficient (Wildman–Crippen LogP) is 3.12. The summed E-state index contributed by atoms with van der Waals surface area (Å²) in [5, 5.41) is 3.68. The third-order valence-corrected chi connectivity index (χ3v) is 3.79. The zero-order valence-corrected chi connectivity index (χ0v) is 9.55. The van der Waals surface area contributed by atoms with Gasteiger partial charge in [0.2, 0.25) is 0 Å². The van der Waals surface area contributed by atoms with Crippen molar-refractivity contribution in [2.75, 3.05) is 6.54 Å². The van der Waals surface area contributed by atoms with Gasteiger partial charge >= 0.3 is 0 Å². The van der Waals surface area contributed by atoms with Crippen molar-refractivity contribution >= 4 is 0 Å². The number of rotatable bonds is 5. The second kappa shape index (κ2) is 4.48. The molecule has 0 aromatic carbocycles. The highest BCUT2D eigenvalue weighted by Gasteiger charge is 2.34. The molecule has 2 unspecified atom stereocenters. The summed E-state index contributed by atoms with van der Waals surface area (Å²) in [6, 6.07) is 0.690. The maximum Gasteiger partial charge on any atom is 0.0307 e. The molecule has 80 valence electrons. The molecule has 0 amide bonds. The summed E-state index contributed by atoms with van der Waals surface area (Å²) in [6.45, 7) is 5.77. The molecule has 0 bridgehead atoms. The highest BCUT2D eigenvalue weighted by atomic mass is 14.9. The number of nitrogens with one attached hydrogen (secondary N) is 1. The lowest BCUT2D eigenvalue weighted by Gasteiger charge is -2.26. The van der Waals surface area contributed by atoms with E-state index < -0.39 is 0 Å². The molecule has 2 aliphatic rings. The first-order chi connectivity index (χ1) is 6.83. The third-order valence-electron chi connectivity index (χ3n) is 3.79. The van der Waals surface area contributed by atoms with Crippen molar-refractivity contribution in [1.29, 1.82) is 0 Å². The van der Waals surface area contributed by atoms with Crippen LogP contribution in [0.4, 0.5) is 0 Å². The van der Waals surface area contributed by atoms with Crippen LogP contribution in [0.2, 0.25) is 0 Å². The van der Waals surface area contributed by atoms with Gasteiger partial charge in [0.25, 0.3) is 0 Å². The maximum absolute atomic E-state index is 3.68. The summed E-state index contributed by atoms with van der Waals surface area (Å²) >= 11 is 0. The molecule has 14 heavy (non-hydrogen) atoms. The number of hydrogen-bond donors (Lipinski definition) is 1. The van der Waals surface area contributed by atoms with Crippen LogP contribution in [-0.4, -0.2) is 12.6 Å². The lowest BCUT2D eigenvalue weighted by molar-refractivity contribution is 0.380. The molecular formula is C13H23N. The van der Waals surface area contributed by atoms with Crippen molar-refractivity contribution in [3.63, 3.8) is 0 Å². The Kier molecular flexibility index (Phi) is 3.27. The summed E-state index contributed by atoms with van der Waals surface area (Å²) in [4.78, 5) is 0. The van der Waals surface area contributed by atoms with E-state index in [9.17, 15) is 0 Å². The molecule has 1 heteroatoms. The number of hydrogen-bond acceptors (Lipinski definition) is 1. The van der Waals surface area contributed by atoms with Crippen molar-refractivity contribution < 1.29 is 0 Å². The Hall–Kier alpha value is -0.300. The van der Waals surface area contributed by atoms with Gasteiger partial charge in [-0.2, -0.15) is 0 Å². The van der Waals surface area contributed by atoms with E-state index in [0.29, 0.717) is 6.04 Å².